The van der Waals surface area contributed by atoms with Gasteiger partial charge >= 0.3 is 11.9 Å². The molecule has 178 valence electrons. The molecule has 13 heteroatoms. The Kier molecular flexibility index (Phi) is 6.42. The SMILES string of the molecule is O=[N+]([O-])c1c(Nc2ccc(Cl)c(C(F)(F)F)c2)ncnc1N1CCN(c2ccccc2F)CC1. The summed E-state index contributed by atoms with van der Waals surface area (Å²) in [6, 6.07) is 9.38. The van der Waals surface area contributed by atoms with Gasteiger partial charge in [-0.1, -0.05) is 23.7 Å². The van der Waals surface area contributed by atoms with Crippen LogP contribution < -0.4 is 15.1 Å². The lowest BCUT2D eigenvalue weighted by Gasteiger charge is -2.36. The maximum absolute atomic E-state index is 14.1. The number of para-hydroxylation sites is 1. The molecule has 34 heavy (non-hydrogen) atoms. The average Bonchev–Trinajstić information content (AvgIpc) is 2.80. The van der Waals surface area contributed by atoms with E-state index in [1.165, 1.54) is 12.1 Å². The lowest BCUT2D eigenvalue weighted by Crippen LogP contribution is -2.47. The van der Waals surface area contributed by atoms with E-state index in [-0.39, 0.29) is 23.1 Å². The van der Waals surface area contributed by atoms with Gasteiger partial charge in [0.2, 0.25) is 11.6 Å². The van der Waals surface area contributed by atoms with Gasteiger partial charge in [0.05, 0.1) is 21.2 Å². The largest absolute Gasteiger partial charge is 0.417 e. The number of nitrogens with one attached hydrogen (secondary N) is 1. The second-order valence-electron chi connectivity index (χ2n) is 7.39. The summed E-state index contributed by atoms with van der Waals surface area (Å²) in [5, 5.41) is 14.0. The van der Waals surface area contributed by atoms with Gasteiger partial charge in [-0.3, -0.25) is 10.1 Å². The third kappa shape index (κ3) is 4.81. The third-order valence-corrected chi connectivity index (χ3v) is 5.62. The molecule has 0 aliphatic carbocycles. The summed E-state index contributed by atoms with van der Waals surface area (Å²) >= 11 is 5.64. The van der Waals surface area contributed by atoms with Crippen molar-refractivity contribution in [2.45, 2.75) is 6.18 Å². The van der Waals surface area contributed by atoms with Crippen LogP contribution in [-0.2, 0) is 6.18 Å². The molecule has 0 bridgehead atoms. The van der Waals surface area contributed by atoms with E-state index in [4.69, 9.17) is 11.6 Å². The van der Waals surface area contributed by atoms with Crippen molar-refractivity contribution in [2.24, 2.45) is 0 Å². The predicted octanol–water partition coefficient (Wildman–Crippen LogP) is 5.27. The Hall–Kier alpha value is -3.67. The van der Waals surface area contributed by atoms with E-state index in [2.05, 4.69) is 15.3 Å². The highest BCUT2D eigenvalue weighted by atomic mass is 35.5. The van der Waals surface area contributed by atoms with Crippen LogP contribution in [0.25, 0.3) is 0 Å². The molecule has 1 aliphatic heterocycles. The average molecular weight is 497 g/mol. The Morgan fingerprint density at radius 3 is 2.35 bits per heavy atom. The fourth-order valence-corrected chi connectivity index (χ4v) is 3.91. The van der Waals surface area contributed by atoms with Gasteiger partial charge in [-0.15, -0.1) is 0 Å². The van der Waals surface area contributed by atoms with E-state index >= 15 is 0 Å². The van der Waals surface area contributed by atoms with Crippen LogP contribution in [-0.4, -0.2) is 41.1 Å². The minimum absolute atomic E-state index is 0.0145. The lowest BCUT2D eigenvalue weighted by atomic mass is 10.2. The van der Waals surface area contributed by atoms with Crippen LogP contribution in [0.1, 0.15) is 5.56 Å². The number of halogens is 5. The van der Waals surface area contributed by atoms with E-state index < -0.39 is 27.4 Å². The van der Waals surface area contributed by atoms with Crippen LogP contribution in [0.2, 0.25) is 5.02 Å². The molecular formula is C21H17ClF4N6O2. The molecule has 4 rings (SSSR count). The molecule has 0 unspecified atom stereocenters. The molecule has 1 saturated heterocycles. The first-order chi connectivity index (χ1) is 16.1. The Balaban J connectivity index is 1.59. The van der Waals surface area contributed by atoms with Crippen molar-refractivity contribution in [2.75, 3.05) is 41.3 Å². The maximum Gasteiger partial charge on any atom is 0.417 e. The van der Waals surface area contributed by atoms with Crippen molar-refractivity contribution in [1.82, 2.24) is 9.97 Å². The monoisotopic (exact) mass is 496 g/mol. The zero-order valence-corrected chi connectivity index (χ0v) is 18.1. The predicted molar refractivity (Wildman–Crippen MR) is 119 cm³/mol. The smallest absolute Gasteiger partial charge is 0.366 e. The van der Waals surface area contributed by atoms with Crippen molar-refractivity contribution >= 4 is 40.3 Å². The van der Waals surface area contributed by atoms with Gasteiger partial charge in [-0.25, -0.2) is 14.4 Å². The fraction of sp³-hybridized carbons (Fsp3) is 0.238. The molecule has 1 N–H and O–H groups in total. The van der Waals surface area contributed by atoms with Crippen molar-refractivity contribution in [3.63, 3.8) is 0 Å². The van der Waals surface area contributed by atoms with Crippen LogP contribution in [0, 0.1) is 15.9 Å². The molecule has 0 spiro atoms. The molecule has 0 amide bonds. The first-order valence-electron chi connectivity index (χ1n) is 10.0. The van der Waals surface area contributed by atoms with E-state index in [0.717, 1.165) is 18.5 Å². The Labute approximate surface area is 195 Å². The summed E-state index contributed by atoms with van der Waals surface area (Å²) in [6.45, 7) is 1.39. The molecule has 3 aromatic rings. The van der Waals surface area contributed by atoms with Gasteiger partial charge in [0.15, 0.2) is 0 Å². The first-order valence-corrected chi connectivity index (χ1v) is 10.4. The zero-order valence-electron chi connectivity index (χ0n) is 17.4. The Morgan fingerprint density at radius 1 is 1.03 bits per heavy atom. The molecule has 1 fully saturated rings. The van der Waals surface area contributed by atoms with E-state index in [9.17, 15) is 27.7 Å². The van der Waals surface area contributed by atoms with Crippen LogP contribution >= 0.6 is 11.6 Å². The summed E-state index contributed by atoms with van der Waals surface area (Å²) in [7, 11) is 0. The normalized spacial score (nSPS) is 14.3. The number of hydrogen-bond donors (Lipinski definition) is 1. The van der Waals surface area contributed by atoms with Crippen molar-refractivity contribution in [3.8, 4) is 0 Å². The number of benzene rings is 2. The number of alkyl halides is 3. The molecule has 1 aromatic heterocycles. The molecule has 0 atom stereocenters. The third-order valence-electron chi connectivity index (χ3n) is 5.29. The number of rotatable bonds is 5. The Bertz CT molecular complexity index is 1220. The highest BCUT2D eigenvalue weighted by molar-refractivity contribution is 6.31. The maximum atomic E-state index is 14.1. The van der Waals surface area contributed by atoms with E-state index in [1.54, 1.807) is 23.1 Å². The number of nitro groups is 1. The van der Waals surface area contributed by atoms with Crippen molar-refractivity contribution < 1.29 is 22.5 Å². The number of piperazine rings is 1. The molecule has 2 heterocycles. The second-order valence-corrected chi connectivity index (χ2v) is 7.80. The van der Waals surface area contributed by atoms with Gasteiger partial charge in [0.1, 0.15) is 12.1 Å². The standard InChI is InChI=1S/C21H17ClF4N6O2/c22-15-6-5-13(11-14(15)21(24,25)26)29-19-18(32(33)34)20(28-12-27-19)31-9-7-30(8-10-31)17-4-2-1-3-16(17)23/h1-6,11-12H,7-10H2,(H,27,28,29). The van der Waals surface area contributed by atoms with Gasteiger partial charge < -0.3 is 15.1 Å². The minimum atomic E-state index is -4.70. The summed E-state index contributed by atoms with van der Waals surface area (Å²) in [5.41, 5.74) is -1.20. The lowest BCUT2D eigenvalue weighted by molar-refractivity contribution is -0.383. The van der Waals surface area contributed by atoms with E-state index in [0.29, 0.717) is 31.9 Å². The van der Waals surface area contributed by atoms with Gasteiger partial charge in [0.25, 0.3) is 0 Å². The number of hydrogen-bond acceptors (Lipinski definition) is 7. The quantitative estimate of drug-likeness (QED) is 0.292. The second kappa shape index (κ2) is 9.29. The Morgan fingerprint density at radius 2 is 1.71 bits per heavy atom. The van der Waals surface area contributed by atoms with Crippen molar-refractivity contribution in [3.05, 3.63) is 75.3 Å². The molecule has 0 radical (unpaired) electrons. The highest BCUT2D eigenvalue weighted by Gasteiger charge is 2.34. The van der Waals surface area contributed by atoms with Crippen LogP contribution in [0.4, 0.5) is 46.3 Å². The minimum Gasteiger partial charge on any atom is -0.366 e. The number of aromatic nitrogens is 2. The molecule has 1 aliphatic rings. The fourth-order valence-electron chi connectivity index (χ4n) is 3.68. The molecule has 8 nitrogen and oxygen atoms in total. The summed E-state index contributed by atoms with van der Waals surface area (Å²) < 4.78 is 53.6. The summed E-state index contributed by atoms with van der Waals surface area (Å²) in [5.74, 6) is -0.612. The van der Waals surface area contributed by atoms with Gasteiger partial charge in [-0.2, -0.15) is 13.2 Å². The summed E-state index contributed by atoms with van der Waals surface area (Å²) in [6.07, 6.45) is -3.61. The van der Waals surface area contributed by atoms with Crippen LogP contribution in [0.15, 0.2) is 48.8 Å². The zero-order chi connectivity index (χ0) is 24.5. The van der Waals surface area contributed by atoms with E-state index in [1.807, 2.05) is 4.90 Å². The topological polar surface area (TPSA) is 87.4 Å². The first kappa shape index (κ1) is 23.5. The highest BCUT2D eigenvalue weighted by Crippen LogP contribution is 2.38. The van der Waals surface area contributed by atoms with Gasteiger partial charge in [0, 0.05) is 31.9 Å². The van der Waals surface area contributed by atoms with Crippen LogP contribution in [0.5, 0.6) is 0 Å². The van der Waals surface area contributed by atoms with Crippen molar-refractivity contribution in [1.29, 1.82) is 0 Å². The number of anilines is 4. The number of nitrogens with zero attached hydrogens (tertiary/aromatic N) is 5. The van der Waals surface area contributed by atoms with Gasteiger partial charge in [-0.05, 0) is 30.3 Å². The summed E-state index contributed by atoms with van der Waals surface area (Å²) in [4.78, 5) is 22.6. The molecular weight excluding hydrogens is 480 g/mol. The molecule has 0 saturated carbocycles. The molecule has 2 aromatic carbocycles. The van der Waals surface area contributed by atoms with Crippen LogP contribution in [0.3, 0.4) is 0 Å².